The Bertz CT molecular complexity index is 1380. The van der Waals surface area contributed by atoms with Crippen molar-refractivity contribution in [2.24, 2.45) is 11.8 Å². The van der Waals surface area contributed by atoms with Crippen LogP contribution in [0.5, 0.6) is 0 Å². The molecule has 1 aromatic carbocycles. The monoisotopic (exact) mass is 594 g/mol. The molecule has 2 heterocycles. The predicted molar refractivity (Wildman–Crippen MR) is 159 cm³/mol. The maximum Gasteiger partial charge on any atom is 0.306 e. The van der Waals surface area contributed by atoms with E-state index in [-0.39, 0.29) is 23.3 Å². The van der Waals surface area contributed by atoms with Crippen LogP contribution in [0.1, 0.15) is 73.2 Å². The van der Waals surface area contributed by atoms with E-state index in [4.69, 9.17) is 21.7 Å². The van der Waals surface area contributed by atoms with Gasteiger partial charge in [-0.1, -0.05) is 29.8 Å². The lowest BCUT2D eigenvalue weighted by Crippen LogP contribution is -2.71. The van der Waals surface area contributed by atoms with Gasteiger partial charge in [0, 0.05) is 31.2 Å². The lowest BCUT2D eigenvalue weighted by molar-refractivity contribution is -0.172. The number of nitrogens with one attached hydrogen (secondary N) is 2. The molecule has 2 saturated heterocycles. The van der Waals surface area contributed by atoms with Gasteiger partial charge in [0.05, 0.1) is 41.0 Å². The summed E-state index contributed by atoms with van der Waals surface area (Å²) in [7, 11) is 2.09. The van der Waals surface area contributed by atoms with Crippen molar-refractivity contribution in [1.82, 2.24) is 15.1 Å². The molecule has 2 unspecified atom stereocenters. The fourth-order valence-corrected chi connectivity index (χ4v) is 7.17. The number of rotatable bonds is 7. The van der Waals surface area contributed by atoms with Crippen molar-refractivity contribution in [2.75, 3.05) is 39.9 Å². The van der Waals surface area contributed by atoms with E-state index in [1.165, 1.54) is 0 Å². The molecule has 0 radical (unpaired) electrons. The van der Waals surface area contributed by atoms with E-state index in [2.05, 4.69) is 17.3 Å². The number of piperazine rings is 1. The highest BCUT2D eigenvalue weighted by Crippen LogP contribution is 2.43. The number of likely N-dealkylation sites (N-methyl/N-ethyl adjacent to an activating group) is 1. The topological polar surface area (TPSA) is 123 Å². The molecule has 2 aliphatic heterocycles. The largest absolute Gasteiger partial charge is 0.481 e. The van der Waals surface area contributed by atoms with Gasteiger partial charge < -0.3 is 25.5 Å². The van der Waals surface area contributed by atoms with Crippen molar-refractivity contribution in [2.45, 2.75) is 62.8 Å². The van der Waals surface area contributed by atoms with Crippen molar-refractivity contribution in [3.05, 3.63) is 57.3 Å². The van der Waals surface area contributed by atoms with Crippen LogP contribution in [0, 0.1) is 17.2 Å². The summed E-state index contributed by atoms with van der Waals surface area (Å²) in [4.78, 5) is 43.4. The lowest BCUT2D eigenvalue weighted by Gasteiger charge is -2.54. The molecule has 0 bridgehead atoms. The molecule has 3 fully saturated rings. The van der Waals surface area contributed by atoms with Gasteiger partial charge >= 0.3 is 5.97 Å². The zero-order chi connectivity index (χ0) is 29.6. The highest BCUT2D eigenvalue weighted by Gasteiger charge is 2.48. The highest BCUT2D eigenvalue weighted by atomic mass is 35.5. The van der Waals surface area contributed by atoms with Crippen molar-refractivity contribution in [3.63, 3.8) is 0 Å². The van der Waals surface area contributed by atoms with Crippen LogP contribution in [-0.2, 0) is 14.3 Å². The molecular weight excluding hydrogens is 556 g/mol. The molecule has 1 spiro atoms. The normalized spacial score (nSPS) is 26.0. The predicted octanol–water partition coefficient (Wildman–Crippen LogP) is 4.38. The first-order valence-corrected chi connectivity index (χ1v) is 15.5. The Morgan fingerprint density at radius 3 is 2.50 bits per heavy atom. The first kappa shape index (κ1) is 29.1. The molecule has 10 heteroatoms. The Morgan fingerprint density at radius 2 is 1.86 bits per heavy atom. The number of carboxylic acids is 1. The van der Waals surface area contributed by atoms with Crippen LogP contribution in [0.2, 0.25) is 5.02 Å². The van der Waals surface area contributed by atoms with Crippen molar-refractivity contribution < 1.29 is 24.2 Å². The van der Waals surface area contributed by atoms with E-state index in [0.717, 1.165) is 36.1 Å². The van der Waals surface area contributed by atoms with E-state index in [9.17, 15) is 19.5 Å². The van der Waals surface area contributed by atoms with Gasteiger partial charge in [-0.2, -0.15) is 0 Å². The number of carbonyl (C=O) groups is 3. The zero-order valence-corrected chi connectivity index (χ0v) is 24.8. The van der Waals surface area contributed by atoms with Crippen LogP contribution >= 0.6 is 11.6 Å². The van der Waals surface area contributed by atoms with E-state index >= 15 is 0 Å². The van der Waals surface area contributed by atoms with Gasteiger partial charge in [0.2, 0.25) is 5.91 Å². The Hall–Kier alpha value is -3.01. The Balaban J connectivity index is 1.27. The molecule has 6 rings (SSSR count). The van der Waals surface area contributed by atoms with Gasteiger partial charge in [-0.15, -0.1) is 0 Å². The number of halogens is 1. The molecule has 5 aliphatic rings. The summed E-state index contributed by atoms with van der Waals surface area (Å²) in [6.07, 6.45) is 6.72. The summed E-state index contributed by atoms with van der Waals surface area (Å²) < 4.78 is 5.51. The third-order valence-electron chi connectivity index (χ3n) is 9.90. The quantitative estimate of drug-likeness (QED) is 0.403. The highest BCUT2D eigenvalue weighted by molar-refractivity contribution is 6.34. The van der Waals surface area contributed by atoms with Gasteiger partial charge in [0.1, 0.15) is 0 Å². The fourth-order valence-electron chi connectivity index (χ4n) is 6.91. The number of allylic oxidation sites excluding steroid dienone is 4. The third kappa shape index (κ3) is 5.54. The summed E-state index contributed by atoms with van der Waals surface area (Å²) >= 11 is 6.56. The van der Waals surface area contributed by atoms with Crippen molar-refractivity contribution in [1.29, 1.82) is 5.41 Å². The molecule has 1 aromatic rings. The first-order valence-electron chi connectivity index (χ1n) is 15.1. The summed E-state index contributed by atoms with van der Waals surface area (Å²) in [6, 6.07) is 5.56. The van der Waals surface area contributed by atoms with Crippen LogP contribution in [0.4, 0.5) is 0 Å². The standard InChI is InChI=1S/C32H39ClN4O5/c1-36-13-14-37(16-32(36)17-42-18-32)30(39)22-11-12-24(28(34)20-7-9-21(10-8-20)31(40)41)26(15-22)35-29(38)27-23(19-5-6-19)3-2-4-25(27)33/h2-4,7,19,21-22,34H,5-6,8-18H2,1H3,(H,35,38)(H,40,41). The van der Waals surface area contributed by atoms with Crippen LogP contribution in [0.25, 0.3) is 0 Å². The van der Waals surface area contributed by atoms with Crippen LogP contribution in [0.3, 0.4) is 0 Å². The van der Waals surface area contributed by atoms with E-state index in [1.54, 1.807) is 6.07 Å². The second-order valence-corrected chi connectivity index (χ2v) is 13.0. The van der Waals surface area contributed by atoms with E-state index < -0.39 is 11.9 Å². The van der Waals surface area contributed by atoms with Crippen LogP contribution in [0.15, 0.2) is 41.1 Å². The number of benzene rings is 1. The minimum atomic E-state index is -0.812. The summed E-state index contributed by atoms with van der Waals surface area (Å²) in [5.74, 6) is -1.44. The fraction of sp³-hybridized carbons (Fsp3) is 0.562. The lowest BCUT2D eigenvalue weighted by atomic mass is 9.79. The molecule has 3 aliphatic carbocycles. The number of ether oxygens (including phenoxy) is 1. The Labute approximate surface area is 251 Å². The molecule has 42 heavy (non-hydrogen) atoms. The van der Waals surface area contributed by atoms with Gasteiger partial charge in [-0.25, -0.2) is 0 Å². The number of aliphatic carboxylic acids is 1. The minimum Gasteiger partial charge on any atom is -0.481 e. The first-order chi connectivity index (χ1) is 20.2. The SMILES string of the molecule is CN1CCN(C(=O)C2CCC(C(=N)C3=CCC(C(=O)O)CC3)=C(NC(=O)c3c(Cl)cccc3C3CC3)C2)CC12COC2. The second kappa shape index (κ2) is 11.6. The van der Waals surface area contributed by atoms with Crippen molar-refractivity contribution >= 4 is 35.1 Å². The minimum absolute atomic E-state index is 0.0873. The maximum atomic E-state index is 13.9. The third-order valence-corrected chi connectivity index (χ3v) is 10.2. The van der Waals surface area contributed by atoms with Gasteiger partial charge in [0.15, 0.2) is 0 Å². The molecule has 224 valence electrons. The Morgan fingerprint density at radius 1 is 1.10 bits per heavy atom. The number of nitrogens with zero attached hydrogens (tertiary/aromatic N) is 2. The van der Waals surface area contributed by atoms with E-state index in [0.29, 0.717) is 92.7 Å². The molecule has 2 amide bonds. The number of amides is 2. The Kier molecular flexibility index (Phi) is 8.02. The second-order valence-electron chi connectivity index (χ2n) is 12.6. The summed E-state index contributed by atoms with van der Waals surface area (Å²) in [5.41, 5.74) is 3.78. The van der Waals surface area contributed by atoms with Crippen LogP contribution in [-0.4, -0.2) is 83.8 Å². The molecule has 3 N–H and O–H groups in total. The number of hydrogen-bond donors (Lipinski definition) is 3. The van der Waals surface area contributed by atoms with Gasteiger partial charge in [-0.05, 0) is 87.1 Å². The van der Waals surface area contributed by atoms with Crippen molar-refractivity contribution in [3.8, 4) is 0 Å². The smallest absolute Gasteiger partial charge is 0.306 e. The summed E-state index contributed by atoms with van der Waals surface area (Å²) in [6.45, 7) is 3.33. The van der Waals surface area contributed by atoms with Gasteiger partial charge in [-0.3, -0.25) is 19.3 Å². The van der Waals surface area contributed by atoms with Crippen LogP contribution < -0.4 is 5.32 Å². The maximum absolute atomic E-state index is 13.9. The average Bonchev–Trinajstić information content (AvgIpc) is 3.81. The molecule has 1 saturated carbocycles. The number of hydrogen-bond acceptors (Lipinski definition) is 6. The number of carbonyl (C=O) groups excluding carboxylic acids is 2. The molecule has 0 aromatic heterocycles. The zero-order valence-electron chi connectivity index (χ0n) is 24.1. The molecule has 2 atom stereocenters. The van der Waals surface area contributed by atoms with E-state index in [1.807, 2.05) is 23.1 Å². The average molecular weight is 595 g/mol. The molecule has 9 nitrogen and oxygen atoms in total. The summed E-state index contributed by atoms with van der Waals surface area (Å²) in [5, 5.41) is 22.0. The number of carboxylic acid groups (broad SMARTS) is 1. The van der Waals surface area contributed by atoms with Gasteiger partial charge in [0.25, 0.3) is 5.91 Å². The molecular formula is C32H39ClN4O5.